The Balaban J connectivity index is 3.73. The molecule has 3 N–H and O–H groups in total. The van der Waals surface area contributed by atoms with Crippen LogP contribution in [0.2, 0.25) is 0 Å². The highest BCUT2D eigenvalue weighted by atomic mass is 16.2. The smallest absolute Gasteiger partial charge is 0.237 e. The number of amides is 1. The molecule has 0 aliphatic carbocycles. The van der Waals surface area contributed by atoms with Gasteiger partial charge in [0.1, 0.15) is 0 Å². The maximum atomic E-state index is 11.7. The first-order valence-corrected chi connectivity index (χ1v) is 6.57. The molecule has 0 aromatic heterocycles. The third-order valence-corrected chi connectivity index (χ3v) is 2.87. The molecule has 0 heterocycles. The summed E-state index contributed by atoms with van der Waals surface area (Å²) in [6.07, 6.45) is 3.36. The van der Waals surface area contributed by atoms with Crippen molar-refractivity contribution in [3.8, 4) is 0 Å². The fraction of sp³-hybridized carbons (Fsp3) is 0.929. The lowest BCUT2D eigenvalue weighted by Gasteiger charge is -2.25. The van der Waals surface area contributed by atoms with Crippen molar-refractivity contribution in [3.05, 3.63) is 0 Å². The Labute approximate surface area is 107 Å². The van der Waals surface area contributed by atoms with Gasteiger partial charge in [0.2, 0.25) is 5.91 Å². The first-order valence-electron chi connectivity index (χ1n) is 6.57. The standard InChI is InChI=1S/C14H30N2O/c1-13(2,3)9-7-8-10-16-12(17)11(15)14(4,5)6/h11H,7-10,15H2,1-6H3,(H,16,17)/t11-/m1/s1. The van der Waals surface area contributed by atoms with E-state index in [2.05, 4.69) is 26.1 Å². The Hall–Kier alpha value is -0.570. The van der Waals surface area contributed by atoms with Gasteiger partial charge in [-0.1, -0.05) is 48.0 Å². The van der Waals surface area contributed by atoms with Crippen molar-refractivity contribution in [2.75, 3.05) is 6.54 Å². The topological polar surface area (TPSA) is 55.1 Å². The van der Waals surface area contributed by atoms with E-state index in [9.17, 15) is 4.79 Å². The van der Waals surface area contributed by atoms with Crippen molar-refractivity contribution in [2.24, 2.45) is 16.6 Å². The first-order chi connectivity index (χ1) is 7.54. The van der Waals surface area contributed by atoms with Crippen molar-refractivity contribution in [1.29, 1.82) is 0 Å². The normalized spacial score (nSPS) is 14.5. The Morgan fingerprint density at radius 3 is 2.06 bits per heavy atom. The Morgan fingerprint density at radius 2 is 1.65 bits per heavy atom. The van der Waals surface area contributed by atoms with E-state index in [0.717, 1.165) is 19.4 Å². The lowest BCUT2D eigenvalue weighted by Crippen LogP contribution is -2.48. The van der Waals surface area contributed by atoms with E-state index in [-0.39, 0.29) is 11.3 Å². The minimum atomic E-state index is -0.426. The third kappa shape index (κ3) is 8.19. The summed E-state index contributed by atoms with van der Waals surface area (Å²) < 4.78 is 0. The van der Waals surface area contributed by atoms with Crippen molar-refractivity contribution < 1.29 is 4.79 Å². The molecule has 0 bridgehead atoms. The number of rotatable bonds is 5. The number of hydrogen-bond donors (Lipinski definition) is 2. The number of nitrogens with two attached hydrogens (primary N) is 1. The molecular weight excluding hydrogens is 212 g/mol. The van der Waals surface area contributed by atoms with E-state index < -0.39 is 6.04 Å². The predicted octanol–water partition coefficient (Wildman–Crippen LogP) is 2.69. The minimum Gasteiger partial charge on any atom is -0.355 e. The van der Waals surface area contributed by atoms with Crippen LogP contribution in [0.3, 0.4) is 0 Å². The quantitative estimate of drug-likeness (QED) is 0.728. The van der Waals surface area contributed by atoms with Gasteiger partial charge in [0, 0.05) is 6.54 Å². The summed E-state index contributed by atoms with van der Waals surface area (Å²) in [5.41, 5.74) is 6.08. The summed E-state index contributed by atoms with van der Waals surface area (Å²) in [6.45, 7) is 13.4. The molecule has 0 aromatic rings. The van der Waals surface area contributed by atoms with Crippen LogP contribution >= 0.6 is 0 Å². The molecule has 3 nitrogen and oxygen atoms in total. The van der Waals surface area contributed by atoms with Crippen molar-refractivity contribution in [1.82, 2.24) is 5.32 Å². The molecule has 1 amide bonds. The molecule has 1 atom stereocenters. The van der Waals surface area contributed by atoms with Gasteiger partial charge in [-0.25, -0.2) is 0 Å². The number of carbonyl (C=O) groups excluding carboxylic acids is 1. The van der Waals surface area contributed by atoms with Crippen LogP contribution in [-0.4, -0.2) is 18.5 Å². The fourth-order valence-electron chi connectivity index (χ4n) is 1.50. The number of unbranched alkanes of at least 4 members (excludes halogenated alkanes) is 1. The lowest BCUT2D eigenvalue weighted by molar-refractivity contribution is -0.124. The number of nitrogens with one attached hydrogen (secondary N) is 1. The predicted molar refractivity (Wildman–Crippen MR) is 73.7 cm³/mol. The maximum Gasteiger partial charge on any atom is 0.237 e. The molecule has 0 aliphatic rings. The summed E-state index contributed by atoms with van der Waals surface area (Å²) in [7, 11) is 0. The van der Waals surface area contributed by atoms with E-state index in [4.69, 9.17) is 5.73 Å². The van der Waals surface area contributed by atoms with Crippen LogP contribution in [0.25, 0.3) is 0 Å². The summed E-state index contributed by atoms with van der Waals surface area (Å²) in [6, 6.07) is -0.426. The zero-order chi connectivity index (χ0) is 13.7. The second kappa shape index (κ2) is 6.39. The van der Waals surface area contributed by atoms with E-state index in [1.54, 1.807) is 0 Å². The molecule has 3 heteroatoms. The SMILES string of the molecule is CC(C)(C)CCCCNC(=O)[C@@H](N)C(C)(C)C. The summed E-state index contributed by atoms with van der Waals surface area (Å²) in [5.74, 6) is -0.0340. The minimum absolute atomic E-state index is 0.0340. The van der Waals surface area contributed by atoms with Gasteiger partial charge in [-0.3, -0.25) is 4.79 Å². The van der Waals surface area contributed by atoms with E-state index >= 15 is 0 Å². The van der Waals surface area contributed by atoms with Gasteiger partial charge in [0.25, 0.3) is 0 Å². The average Bonchev–Trinajstić information content (AvgIpc) is 2.12. The Morgan fingerprint density at radius 1 is 1.12 bits per heavy atom. The highest BCUT2D eigenvalue weighted by Gasteiger charge is 2.26. The summed E-state index contributed by atoms with van der Waals surface area (Å²) >= 11 is 0. The largest absolute Gasteiger partial charge is 0.355 e. The molecule has 0 spiro atoms. The van der Waals surface area contributed by atoms with Gasteiger partial charge in [0.05, 0.1) is 6.04 Å². The van der Waals surface area contributed by atoms with Gasteiger partial charge in [0.15, 0.2) is 0 Å². The van der Waals surface area contributed by atoms with Gasteiger partial charge in [-0.2, -0.15) is 0 Å². The average molecular weight is 242 g/mol. The van der Waals surface area contributed by atoms with Gasteiger partial charge in [-0.05, 0) is 23.7 Å². The molecule has 0 radical (unpaired) electrons. The van der Waals surface area contributed by atoms with Gasteiger partial charge in [-0.15, -0.1) is 0 Å². The van der Waals surface area contributed by atoms with Crippen molar-refractivity contribution >= 4 is 5.91 Å². The van der Waals surface area contributed by atoms with Gasteiger partial charge >= 0.3 is 0 Å². The molecule has 0 saturated carbocycles. The summed E-state index contributed by atoms with van der Waals surface area (Å²) in [4.78, 5) is 11.7. The molecule has 0 unspecified atom stereocenters. The molecule has 0 aromatic carbocycles. The molecule has 102 valence electrons. The highest BCUT2D eigenvalue weighted by molar-refractivity contribution is 5.82. The Kier molecular flexibility index (Phi) is 6.17. The monoisotopic (exact) mass is 242 g/mol. The molecule has 17 heavy (non-hydrogen) atoms. The molecule has 0 saturated heterocycles. The van der Waals surface area contributed by atoms with Crippen LogP contribution in [-0.2, 0) is 4.79 Å². The Bertz CT molecular complexity index is 236. The van der Waals surface area contributed by atoms with E-state index in [0.29, 0.717) is 5.41 Å². The second-order valence-electron chi connectivity index (χ2n) is 7.15. The highest BCUT2D eigenvalue weighted by Crippen LogP contribution is 2.21. The maximum absolute atomic E-state index is 11.7. The van der Waals surface area contributed by atoms with Crippen LogP contribution in [0, 0.1) is 10.8 Å². The van der Waals surface area contributed by atoms with Crippen LogP contribution in [0.5, 0.6) is 0 Å². The van der Waals surface area contributed by atoms with Crippen LogP contribution < -0.4 is 11.1 Å². The van der Waals surface area contributed by atoms with Gasteiger partial charge < -0.3 is 11.1 Å². The van der Waals surface area contributed by atoms with E-state index in [1.165, 1.54) is 6.42 Å². The van der Waals surface area contributed by atoms with E-state index in [1.807, 2.05) is 20.8 Å². The zero-order valence-corrected chi connectivity index (χ0v) is 12.4. The lowest BCUT2D eigenvalue weighted by atomic mass is 9.87. The zero-order valence-electron chi connectivity index (χ0n) is 12.4. The summed E-state index contributed by atoms with van der Waals surface area (Å²) in [5, 5.41) is 2.91. The van der Waals surface area contributed by atoms with Crippen LogP contribution in [0.15, 0.2) is 0 Å². The number of carbonyl (C=O) groups is 1. The molecular formula is C14H30N2O. The van der Waals surface area contributed by atoms with Crippen LogP contribution in [0.1, 0.15) is 60.8 Å². The molecule has 0 aliphatic heterocycles. The fourth-order valence-corrected chi connectivity index (χ4v) is 1.50. The second-order valence-corrected chi connectivity index (χ2v) is 7.15. The molecule has 0 rings (SSSR count). The van der Waals surface area contributed by atoms with Crippen LogP contribution in [0.4, 0.5) is 0 Å². The van der Waals surface area contributed by atoms with Crippen molar-refractivity contribution in [3.63, 3.8) is 0 Å². The third-order valence-electron chi connectivity index (χ3n) is 2.87. The van der Waals surface area contributed by atoms with Crippen molar-refractivity contribution in [2.45, 2.75) is 66.8 Å². The molecule has 0 fully saturated rings. The number of hydrogen-bond acceptors (Lipinski definition) is 2. The first kappa shape index (κ1) is 16.4.